The minimum Gasteiger partial charge on any atom is -0.366 e. The lowest BCUT2D eigenvalue weighted by Crippen LogP contribution is -2.38. The van der Waals surface area contributed by atoms with E-state index in [1.54, 1.807) is 0 Å². The zero-order valence-corrected chi connectivity index (χ0v) is 15.1. The van der Waals surface area contributed by atoms with E-state index in [0.717, 1.165) is 48.6 Å². The average molecular weight is 355 g/mol. The molecule has 138 valence electrons. The van der Waals surface area contributed by atoms with Crippen LogP contribution in [0, 0.1) is 12.8 Å². The van der Waals surface area contributed by atoms with E-state index in [-0.39, 0.29) is 17.7 Å². The van der Waals surface area contributed by atoms with Gasteiger partial charge in [0.1, 0.15) is 11.6 Å². The van der Waals surface area contributed by atoms with E-state index in [0.29, 0.717) is 32.1 Å². The molecule has 3 aliphatic rings. The summed E-state index contributed by atoms with van der Waals surface area (Å²) in [4.78, 5) is 35.3. The van der Waals surface area contributed by atoms with E-state index < -0.39 is 0 Å². The molecule has 0 radical (unpaired) electrons. The smallest absolute Gasteiger partial charge is 0.228 e. The minimum atomic E-state index is -0.223. The van der Waals surface area contributed by atoms with Crippen LogP contribution < -0.4 is 10.6 Å². The van der Waals surface area contributed by atoms with Crippen molar-refractivity contribution >= 4 is 17.6 Å². The first-order chi connectivity index (χ1) is 12.6. The molecule has 1 saturated heterocycles. The molecule has 1 aromatic heterocycles. The predicted molar refractivity (Wildman–Crippen MR) is 97.7 cm³/mol. The van der Waals surface area contributed by atoms with Gasteiger partial charge in [-0.3, -0.25) is 9.59 Å². The van der Waals surface area contributed by atoms with Crippen molar-refractivity contribution in [1.29, 1.82) is 0 Å². The summed E-state index contributed by atoms with van der Waals surface area (Å²) >= 11 is 0. The molecule has 0 bridgehead atoms. The molecule has 7 nitrogen and oxygen atoms in total. The average Bonchev–Trinajstić information content (AvgIpc) is 3.22. The Bertz CT molecular complexity index is 753. The van der Waals surface area contributed by atoms with Gasteiger partial charge in [0.15, 0.2) is 0 Å². The second-order valence-corrected chi connectivity index (χ2v) is 7.36. The van der Waals surface area contributed by atoms with Gasteiger partial charge in [-0.15, -0.1) is 0 Å². The van der Waals surface area contributed by atoms with Crippen LogP contribution in [0.15, 0.2) is 12.2 Å². The molecule has 0 saturated carbocycles. The Labute approximate surface area is 153 Å². The maximum atomic E-state index is 12.8. The Morgan fingerprint density at radius 3 is 2.73 bits per heavy atom. The standard InChI is InChI=1S/C19H25N5O2/c1-12-21-16-7-9-24(19(26)13-10-17(25)20-11-13)8-6-15(16)18(22-12)23-14-4-2-3-5-14/h2-3,13-14H,4-11H2,1H3,(H,20,25)(H,21,22,23)/t13-/m1/s1. The van der Waals surface area contributed by atoms with Gasteiger partial charge >= 0.3 is 0 Å². The van der Waals surface area contributed by atoms with Gasteiger partial charge in [0, 0.05) is 44.1 Å². The summed E-state index contributed by atoms with van der Waals surface area (Å²) in [5.74, 6) is 1.52. The SMILES string of the molecule is Cc1nc2c(c(NC3CC=CC3)n1)CCN(C(=O)[C@H]1CNC(=O)C1)CC2. The number of hydrogen-bond acceptors (Lipinski definition) is 5. The van der Waals surface area contributed by atoms with Gasteiger partial charge in [-0.05, 0) is 26.2 Å². The van der Waals surface area contributed by atoms with Gasteiger partial charge in [-0.2, -0.15) is 0 Å². The second-order valence-electron chi connectivity index (χ2n) is 7.36. The van der Waals surface area contributed by atoms with Gasteiger partial charge in [0.05, 0.1) is 11.6 Å². The van der Waals surface area contributed by atoms with Crippen molar-refractivity contribution in [2.24, 2.45) is 5.92 Å². The molecule has 0 aromatic carbocycles. The Morgan fingerprint density at radius 2 is 2.00 bits per heavy atom. The number of anilines is 1. The Balaban J connectivity index is 1.50. The van der Waals surface area contributed by atoms with Crippen LogP contribution in [0.1, 0.15) is 36.3 Å². The quantitative estimate of drug-likeness (QED) is 0.789. The number of nitrogens with one attached hydrogen (secondary N) is 2. The van der Waals surface area contributed by atoms with Crippen LogP contribution >= 0.6 is 0 Å². The number of rotatable bonds is 3. The van der Waals surface area contributed by atoms with Gasteiger partial charge < -0.3 is 15.5 Å². The largest absolute Gasteiger partial charge is 0.366 e. The number of carbonyl (C=O) groups is 2. The van der Waals surface area contributed by atoms with Crippen molar-refractivity contribution in [3.63, 3.8) is 0 Å². The van der Waals surface area contributed by atoms with Gasteiger partial charge in [0.25, 0.3) is 0 Å². The summed E-state index contributed by atoms with van der Waals surface area (Å²) in [6.07, 6.45) is 8.22. The van der Waals surface area contributed by atoms with E-state index in [4.69, 9.17) is 0 Å². The molecule has 26 heavy (non-hydrogen) atoms. The number of nitrogens with zero attached hydrogens (tertiary/aromatic N) is 3. The van der Waals surface area contributed by atoms with E-state index in [1.807, 2.05) is 11.8 Å². The molecule has 2 amide bonds. The molecule has 1 aromatic rings. The summed E-state index contributed by atoms with van der Waals surface area (Å²) < 4.78 is 0. The maximum Gasteiger partial charge on any atom is 0.228 e. The highest BCUT2D eigenvalue weighted by Crippen LogP contribution is 2.25. The third-order valence-corrected chi connectivity index (χ3v) is 5.44. The number of aromatic nitrogens is 2. The van der Waals surface area contributed by atoms with Gasteiger partial charge in [-0.25, -0.2) is 9.97 Å². The van der Waals surface area contributed by atoms with Crippen molar-refractivity contribution in [2.75, 3.05) is 25.0 Å². The number of amides is 2. The molecule has 3 heterocycles. The van der Waals surface area contributed by atoms with Crippen molar-refractivity contribution in [1.82, 2.24) is 20.2 Å². The van der Waals surface area contributed by atoms with Gasteiger partial charge in [0.2, 0.25) is 11.8 Å². The molecule has 0 spiro atoms. The molecule has 1 aliphatic carbocycles. The zero-order valence-electron chi connectivity index (χ0n) is 15.1. The normalized spacial score (nSPS) is 22.9. The number of hydrogen-bond donors (Lipinski definition) is 2. The molecule has 7 heteroatoms. The zero-order chi connectivity index (χ0) is 18.1. The molecular weight excluding hydrogens is 330 g/mol. The molecule has 2 N–H and O–H groups in total. The lowest BCUT2D eigenvalue weighted by Gasteiger charge is -2.23. The van der Waals surface area contributed by atoms with Crippen LogP contribution in [0.3, 0.4) is 0 Å². The van der Waals surface area contributed by atoms with Crippen LogP contribution in [-0.2, 0) is 22.4 Å². The highest BCUT2D eigenvalue weighted by Gasteiger charge is 2.32. The molecular formula is C19H25N5O2. The van der Waals surface area contributed by atoms with Crippen LogP contribution in [0.25, 0.3) is 0 Å². The fourth-order valence-corrected chi connectivity index (χ4v) is 4.03. The molecule has 2 aliphatic heterocycles. The molecule has 0 unspecified atom stereocenters. The Hall–Kier alpha value is -2.44. The van der Waals surface area contributed by atoms with Gasteiger partial charge in [-0.1, -0.05) is 12.2 Å². The summed E-state index contributed by atoms with van der Waals surface area (Å²) in [5, 5.41) is 6.33. The summed E-state index contributed by atoms with van der Waals surface area (Å²) in [6, 6.07) is 0.393. The van der Waals surface area contributed by atoms with Crippen LogP contribution in [0.5, 0.6) is 0 Å². The number of carbonyl (C=O) groups excluding carboxylic acids is 2. The summed E-state index contributed by atoms with van der Waals surface area (Å²) in [5.41, 5.74) is 2.18. The second kappa shape index (κ2) is 7.05. The molecule has 1 atom stereocenters. The van der Waals surface area contributed by atoms with E-state index in [2.05, 4.69) is 32.8 Å². The first kappa shape index (κ1) is 17.0. The fourth-order valence-electron chi connectivity index (χ4n) is 4.03. The third kappa shape index (κ3) is 3.43. The van der Waals surface area contributed by atoms with Crippen molar-refractivity contribution in [3.05, 3.63) is 29.2 Å². The minimum absolute atomic E-state index is 0.0281. The number of aryl methyl sites for hydroxylation is 1. The maximum absolute atomic E-state index is 12.8. The lowest BCUT2D eigenvalue weighted by molar-refractivity contribution is -0.135. The Morgan fingerprint density at radius 1 is 1.23 bits per heavy atom. The Kier molecular flexibility index (Phi) is 4.61. The van der Waals surface area contributed by atoms with Crippen molar-refractivity contribution < 1.29 is 9.59 Å². The fraction of sp³-hybridized carbons (Fsp3) is 0.579. The van der Waals surface area contributed by atoms with Crippen LogP contribution in [0.4, 0.5) is 5.82 Å². The highest BCUT2D eigenvalue weighted by molar-refractivity contribution is 5.89. The molecule has 1 fully saturated rings. The van der Waals surface area contributed by atoms with E-state index in [9.17, 15) is 9.59 Å². The number of fused-ring (bicyclic) bond motifs is 1. The summed E-state index contributed by atoms with van der Waals surface area (Å²) in [7, 11) is 0. The summed E-state index contributed by atoms with van der Waals surface area (Å²) in [6.45, 7) is 3.68. The topological polar surface area (TPSA) is 87.2 Å². The highest BCUT2D eigenvalue weighted by atomic mass is 16.2. The van der Waals surface area contributed by atoms with Crippen molar-refractivity contribution in [3.8, 4) is 0 Å². The first-order valence-corrected chi connectivity index (χ1v) is 9.43. The predicted octanol–water partition coefficient (Wildman–Crippen LogP) is 0.979. The monoisotopic (exact) mass is 355 g/mol. The first-order valence-electron chi connectivity index (χ1n) is 9.43. The van der Waals surface area contributed by atoms with E-state index in [1.165, 1.54) is 0 Å². The third-order valence-electron chi connectivity index (χ3n) is 5.44. The van der Waals surface area contributed by atoms with Crippen LogP contribution in [0.2, 0.25) is 0 Å². The van der Waals surface area contributed by atoms with Crippen molar-refractivity contribution in [2.45, 2.75) is 45.1 Å². The van der Waals surface area contributed by atoms with E-state index >= 15 is 0 Å². The molecule has 4 rings (SSSR count). The van der Waals surface area contributed by atoms with Crippen LogP contribution in [-0.4, -0.2) is 52.4 Å². The lowest BCUT2D eigenvalue weighted by atomic mass is 10.1.